The van der Waals surface area contributed by atoms with Crippen molar-refractivity contribution in [3.63, 3.8) is 0 Å². The number of halogens is 2. The standard InChI is InChI=1S/C14H14F2N2O5S/c15-13(16)23-10-3-1-9(2-4-10)17-11(19)8-22-12(20)7-18-5-6-24-14(18)21/h1-4,13H,5-8H2,(H,17,19). The van der Waals surface area contributed by atoms with E-state index in [9.17, 15) is 23.2 Å². The number of thioether (sulfide) groups is 1. The highest BCUT2D eigenvalue weighted by molar-refractivity contribution is 8.13. The summed E-state index contributed by atoms with van der Waals surface area (Å²) < 4.78 is 33.0. The van der Waals surface area contributed by atoms with Crippen LogP contribution in [-0.2, 0) is 14.3 Å². The number of ether oxygens (including phenoxy) is 2. The number of amides is 2. The molecule has 0 unspecified atom stereocenters. The average molecular weight is 360 g/mol. The number of benzene rings is 1. The lowest BCUT2D eigenvalue weighted by molar-refractivity contribution is -0.147. The number of hydrogen-bond acceptors (Lipinski definition) is 6. The summed E-state index contributed by atoms with van der Waals surface area (Å²) in [5.41, 5.74) is 0.337. The third kappa shape index (κ3) is 5.69. The van der Waals surface area contributed by atoms with Crippen molar-refractivity contribution in [2.75, 3.05) is 30.8 Å². The Bertz CT molecular complexity index is 612. The molecule has 0 aliphatic carbocycles. The maximum absolute atomic E-state index is 12.0. The highest BCUT2D eigenvalue weighted by Crippen LogP contribution is 2.18. The molecule has 1 saturated heterocycles. The first-order chi connectivity index (χ1) is 11.4. The predicted octanol–water partition coefficient (Wildman–Crippen LogP) is 1.94. The topological polar surface area (TPSA) is 84.9 Å². The Kier molecular flexibility index (Phi) is 6.36. The SMILES string of the molecule is O=C(COC(=O)CN1CCSC1=O)Nc1ccc(OC(F)F)cc1. The van der Waals surface area contributed by atoms with Crippen molar-refractivity contribution in [3.05, 3.63) is 24.3 Å². The van der Waals surface area contributed by atoms with Crippen LogP contribution >= 0.6 is 11.8 Å². The highest BCUT2D eigenvalue weighted by Gasteiger charge is 2.24. The molecule has 0 bridgehead atoms. The maximum Gasteiger partial charge on any atom is 0.387 e. The van der Waals surface area contributed by atoms with Crippen LogP contribution in [-0.4, -0.2) is 54.1 Å². The molecule has 1 aliphatic rings. The number of esters is 1. The molecule has 130 valence electrons. The molecular weight excluding hydrogens is 346 g/mol. The Morgan fingerprint density at radius 3 is 2.58 bits per heavy atom. The molecule has 0 aromatic heterocycles. The average Bonchev–Trinajstić information content (AvgIpc) is 2.92. The quantitative estimate of drug-likeness (QED) is 0.748. The van der Waals surface area contributed by atoms with Gasteiger partial charge >= 0.3 is 12.6 Å². The van der Waals surface area contributed by atoms with E-state index in [4.69, 9.17) is 4.74 Å². The van der Waals surface area contributed by atoms with E-state index >= 15 is 0 Å². The van der Waals surface area contributed by atoms with Gasteiger partial charge in [0.25, 0.3) is 11.1 Å². The first kappa shape index (κ1) is 18.0. The van der Waals surface area contributed by atoms with Crippen molar-refractivity contribution in [1.82, 2.24) is 4.90 Å². The van der Waals surface area contributed by atoms with Gasteiger partial charge in [0.2, 0.25) is 0 Å². The number of carbonyl (C=O) groups excluding carboxylic acids is 3. The minimum Gasteiger partial charge on any atom is -0.454 e. The Labute approximate surface area is 140 Å². The Hall–Kier alpha value is -2.36. The minimum absolute atomic E-state index is 0.0393. The zero-order valence-electron chi connectivity index (χ0n) is 12.4. The third-order valence-electron chi connectivity index (χ3n) is 2.89. The molecule has 2 rings (SSSR count). The first-order valence-electron chi connectivity index (χ1n) is 6.86. The van der Waals surface area contributed by atoms with Crippen LogP contribution in [0.4, 0.5) is 19.3 Å². The number of hydrogen-bond donors (Lipinski definition) is 1. The normalized spacial score (nSPS) is 14.0. The van der Waals surface area contributed by atoms with Gasteiger partial charge in [-0.1, -0.05) is 11.8 Å². The summed E-state index contributed by atoms with van der Waals surface area (Å²) >= 11 is 1.12. The molecular formula is C14H14F2N2O5S. The van der Waals surface area contributed by atoms with E-state index in [2.05, 4.69) is 10.1 Å². The predicted molar refractivity (Wildman–Crippen MR) is 82.1 cm³/mol. The van der Waals surface area contributed by atoms with E-state index in [0.717, 1.165) is 11.8 Å². The number of nitrogens with one attached hydrogen (secondary N) is 1. The number of rotatable bonds is 7. The monoisotopic (exact) mass is 360 g/mol. The van der Waals surface area contributed by atoms with E-state index in [1.54, 1.807) is 0 Å². The highest BCUT2D eigenvalue weighted by atomic mass is 32.2. The summed E-state index contributed by atoms with van der Waals surface area (Å²) in [5.74, 6) is -0.685. The minimum atomic E-state index is -2.93. The van der Waals surface area contributed by atoms with E-state index < -0.39 is 25.1 Å². The van der Waals surface area contributed by atoms with Crippen molar-refractivity contribution in [2.45, 2.75) is 6.61 Å². The van der Waals surface area contributed by atoms with Crippen LogP contribution < -0.4 is 10.1 Å². The van der Waals surface area contributed by atoms with Crippen LogP contribution in [0.1, 0.15) is 0 Å². The van der Waals surface area contributed by atoms with Crippen LogP contribution in [0.15, 0.2) is 24.3 Å². The van der Waals surface area contributed by atoms with Crippen LogP contribution in [0.2, 0.25) is 0 Å². The lowest BCUT2D eigenvalue weighted by Crippen LogP contribution is -2.32. The van der Waals surface area contributed by atoms with Crippen molar-refractivity contribution < 1.29 is 32.6 Å². The summed E-state index contributed by atoms with van der Waals surface area (Å²) in [4.78, 5) is 35.9. The summed E-state index contributed by atoms with van der Waals surface area (Å²) in [6.07, 6.45) is 0. The van der Waals surface area contributed by atoms with Gasteiger partial charge in [0.1, 0.15) is 12.3 Å². The van der Waals surface area contributed by atoms with Crippen molar-refractivity contribution >= 4 is 34.6 Å². The van der Waals surface area contributed by atoms with Gasteiger partial charge < -0.3 is 19.7 Å². The molecule has 10 heteroatoms. The molecule has 7 nitrogen and oxygen atoms in total. The Balaban J connectivity index is 1.72. The second-order valence-electron chi connectivity index (χ2n) is 4.65. The van der Waals surface area contributed by atoms with E-state index in [1.165, 1.54) is 29.2 Å². The summed E-state index contributed by atoms with van der Waals surface area (Å²) in [7, 11) is 0. The van der Waals surface area contributed by atoms with Gasteiger partial charge in [0.15, 0.2) is 6.61 Å². The fourth-order valence-electron chi connectivity index (χ4n) is 1.83. The lowest BCUT2D eigenvalue weighted by atomic mass is 10.3. The van der Waals surface area contributed by atoms with Crippen molar-refractivity contribution in [2.24, 2.45) is 0 Å². The van der Waals surface area contributed by atoms with Gasteiger partial charge in [-0.3, -0.25) is 14.4 Å². The van der Waals surface area contributed by atoms with Gasteiger partial charge in [-0.15, -0.1) is 0 Å². The molecule has 1 aromatic rings. The van der Waals surface area contributed by atoms with Gasteiger partial charge in [0.05, 0.1) is 0 Å². The molecule has 1 fully saturated rings. The number of nitrogens with zero attached hydrogens (tertiary/aromatic N) is 1. The van der Waals surface area contributed by atoms with Gasteiger partial charge in [-0.25, -0.2) is 0 Å². The van der Waals surface area contributed by atoms with E-state index in [1.807, 2.05) is 0 Å². The molecule has 1 heterocycles. The van der Waals surface area contributed by atoms with E-state index in [0.29, 0.717) is 18.0 Å². The van der Waals surface area contributed by atoms with Crippen LogP contribution in [0.25, 0.3) is 0 Å². The molecule has 1 aliphatic heterocycles. The third-order valence-corrected chi connectivity index (χ3v) is 3.78. The molecule has 1 N–H and O–H groups in total. The molecule has 0 radical (unpaired) electrons. The molecule has 24 heavy (non-hydrogen) atoms. The molecule has 0 spiro atoms. The second-order valence-corrected chi connectivity index (χ2v) is 5.69. The van der Waals surface area contributed by atoms with Crippen LogP contribution in [0.5, 0.6) is 5.75 Å². The fourth-order valence-corrected chi connectivity index (χ4v) is 2.66. The molecule has 1 aromatic carbocycles. The van der Waals surface area contributed by atoms with Crippen molar-refractivity contribution in [1.29, 1.82) is 0 Å². The first-order valence-corrected chi connectivity index (χ1v) is 7.84. The molecule has 0 saturated carbocycles. The number of alkyl halides is 2. The number of anilines is 1. The van der Waals surface area contributed by atoms with Gasteiger partial charge in [-0.05, 0) is 24.3 Å². The van der Waals surface area contributed by atoms with E-state index in [-0.39, 0.29) is 17.5 Å². The van der Waals surface area contributed by atoms with Crippen LogP contribution in [0, 0.1) is 0 Å². The van der Waals surface area contributed by atoms with Gasteiger partial charge in [-0.2, -0.15) is 8.78 Å². The Morgan fingerprint density at radius 1 is 1.29 bits per heavy atom. The smallest absolute Gasteiger partial charge is 0.387 e. The van der Waals surface area contributed by atoms with Gasteiger partial charge in [0, 0.05) is 18.0 Å². The maximum atomic E-state index is 12.0. The largest absolute Gasteiger partial charge is 0.454 e. The zero-order chi connectivity index (χ0) is 17.5. The zero-order valence-corrected chi connectivity index (χ0v) is 13.2. The Morgan fingerprint density at radius 2 is 2.00 bits per heavy atom. The molecule has 0 atom stereocenters. The summed E-state index contributed by atoms with van der Waals surface area (Å²) in [6.45, 7) is -3.16. The van der Waals surface area contributed by atoms with Crippen molar-refractivity contribution in [3.8, 4) is 5.75 Å². The van der Waals surface area contributed by atoms with Crippen LogP contribution in [0.3, 0.4) is 0 Å². The fraction of sp³-hybridized carbons (Fsp3) is 0.357. The molecule has 2 amide bonds. The number of carbonyl (C=O) groups is 3. The second kappa shape index (κ2) is 8.48. The lowest BCUT2D eigenvalue weighted by Gasteiger charge is -2.13. The summed E-state index contributed by atoms with van der Waals surface area (Å²) in [6, 6.07) is 5.28. The summed E-state index contributed by atoms with van der Waals surface area (Å²) in [5, 5.41) is 2.24.